The van der Waals surface area contributed by atoms with Crippen molar-refractivity contribution >= 4 is 23.2 Å². The number of nitrogens with one attached hydrogen (secondary N) is 1. The Morgan fingerprint density at radius 2 is 1.30 bits per heavy atom. The van der Waals surface area contributed by atoms with E-state index in [1.807, 2.05) is 60.7 Å². The van der Waals surface area contributed by atoms with Gasteiger partial charge in [-0.15, -0.1) is 0 Å². The smallest absolute Gasteiger partial charge is 0.238 e. The number of anilines is 2. The summed E-state index contributed by atoms with van der Waals surface area (Å²) in [5, 5.41) is 1.76. The monoisotopic (exact) mass is 311 g/mol. The fourth-order valence-electron chi connectivity index (χ4n) is 2.20. The number of para-hydroxylation sites is 2. The first-order valence-electron chi connectivity index (χ1n) is 7.65. The third kappa shape index (κ3) is 5.47. The third-order valence-corrected chi connectivity index (χ3v) is 3.34. The number of hydrogen-bond donors (Lipinski definition) is 2. The van der Waals surface area contributed by atoms with Gasteiger partial charge in [0.2, 0.25) is 11.8 Å². The molecule has 0 unspecified atom stereocenters. The van der Waals surface area contributed by atoms with E-state index in [-0.39, 0.29) is 11.8 Å². The van der Waals surface area contributed by atoms with Crippen LogP contribution in [0.15, 0.2) is 60.7 Å². The lowest BCUT2D eigenvalue weighted by Gasteiger charge is -2.25. The summed E-state index contributed by atoms with van der Waals surface area (Å²) in [6.45, 7) is 0. The zero-order valence-electron chi connectivity index (χ0n) is 12.9. The molecule has 23 heavy (non-hydrogen) atoms. The molecule has 0 aliphatic rings. The predicted molar refractivity (Wildman–Crippen MR) is 90.8 cm³/mol. The fraction of sp³-hybridized carbons (Fsp3) is 0.222. The Morgan fingerprint density at radius 3 is 1.78 bits per heavy atom. The number of carbonyl (C=O) groups excluding carboxylic acids is 2. The number of nitrogens with zero attached hydrogens (tertiary/aromatic N) is 1. The van der Waals surface area contributed by atoms with Crippen LogP contribution in [0, 0.1) is 0 Å². The summed E-state index contributed by atoms with van der Waals surface area (Å²) in [6.07, 6.45) is 1.92. The van der Waals surface area contributed by atoms with Crippen molar-refractivity contribution < 1.29 is 9.59 Å². The van der Waals surface area contributed by atoms with Crippen LogP contribution >= 0.6 is 0 Å². The van der Waals surface area contributed by atoms with Gasteiger partial charge in [-0.25, -0.2) is 0 Å². The highest BCUT2D eigenvalue weighted by Gasteiger charge is 2.12. The van der Waals surface area contributed by atoms with Crippen molar-refractivity contribution in [1.82, 2.24) is 5.43 Å². The number of hydrogen-bond acceptors (Lipinski definition) is 3. The minimum atomic E-state index is -0.333. The Balaban J connectivity index is 2.01. The fourth-order valence-corrected chi connectivity index (χ4v) is 2.20. The molecule has 5 heteroatoms. The van der Waals surface area contributed by atoms with Gasteiger partial charge >= 0.3 is 0 Å². The Hall–Kier alpha value is -2.82. The normalized spacial score (nSPS) is 10.1. The third-order valence-electron chi connectivity index (χ3n) is 3.34. The highest BCUT2D eigenvalue weighted by Crippen LogP contribution is 2.22. The van der Waals surface area contributed by atoms with E-state index in [4.69, 9.17) is 5.73 Å². The van der Waals surface area contributed by atoms with Gasteiger partial charge in [-0.1, -0.05) is 36.4 Å². The van der Waals surface area contributed by atoms with E-state index in [1.54, 1.807) is 5.01 Å². The molecule has 0 saturated heterocycles. The summed E-state index contributed by atoms with van der Waals surface area (Å²) >= 11 is 0. The van der Waals surface area contributed by atoms with Crippen molar-refractivity contribution in [2.24, 2.45) is 5.73 Å². The average molecular weight is 311 g/mol. The Morgan fingerprint density at radius 1 is 0.826 bits per heavy atom. The average Bonchev–Trinajstić information content (AvgIpc) is 2.58. The molecule has 2 aromatic carbocycles. The molecule has 0 aliphatic heterocycles. The maximum absolute atomic E-state index is 12.2. The summed E-state index contributed by atoms with van der Waals surface area (Å²) in [7, 11) is 0. The van der Waals surface area contributed by atoms with E-state index in [0.29, 0.717) is 25.7 Å². The van der Waals surface area contributed by atoms with Crippen LogP contribution in [0.1, 0.15) is 25.7 Å². The van der Waals surface area contributed by atoms with E-state index in [2.05, 4.69) is 5.43 Å². The predicted octanol–water partition coefficient (Wildman–Crippen LogP) is 2.90. The van der Waals surface area contributed by atoms with Crippen molar-refractivity contribution in [2.75, 3.05) is 5.01 Å². The molecular formula is C18H21N3O2. The largest absolute Gasteiger partial charge is 0.370 e. The molecule has 0 atom stereocenters. The quantitative estimate of drug-likeness (QED) is 0.581. The number of carbonyl (C=O) groups is 2. The number of benzene rings is 2. The van der Waals surface area contributed by atoms with Crippen LogP contribution in [-0.4, -0.2) is 11.8 Å². The molecule has 2 aromatic rings. The van der Waals surface area contributed by atoms with Gasteiger partial charge in [0.25, 0.3) is 0 Å². The summed E-state index contributed by atoms with van der Waals surface area (Å²) < 4.78 is 0. The second-order valence-electron chi connectivity index (χ2n) is 5.21. The first-order valence-corrected chi connectivity index (χ1v) is 7.65. The van der Waals surface area contributed by atoms with Crippen molar-refractivity contribution in [3.05, 3.63) is 60.7 Å². The van der Waals surface area contributed by atoms with Gasteiger partial charge in [-0.3, -0.25) is 20.0 Å². The zero-order chi connectivity index (χ0) is 16.5. The van der Waals surface area contributed by atoms with Gasteiger partial charge in [0.05, 0.1) is 11.4 Å². The molecule has 3 N–H and O–H groups in total. The number of nitrogens with two attached hydrogens (primary N) is 1. The topological polar surface area (TPSA) is 75.4 Å². The van der Waals surface area contributed by atoms with E-state index >= 15 is 0 Å². The standard InChI is InChI=1S/C18H21N3O2/c19-17(22)13-7-8-14-18(23)20-21(15-9-3-1-4-10-15)16-11-5-2-6-12-16/h1-6,9-12H,7-8,13-14H2,(H2,19,22)(H,20,23). The molecule has 2 rings (SSSR count). The number of unbranched alkanes of at least 4 members (excludes halogenated alkanes) is 1. The van der Waals surface area contributed by atoms with Gasteiger partial charge in [0.1, 0.15) is 0 Å². The van der Waals surface area contributed by atoms with Crippen LogP contribution in [0.5, 0.6) is 0 Å². The van der Waals surface area contributed by atoms with Crippen LogP contribution in [0.3, 0.4) is 0 Å². The van der Waals surface area contributed by atoms with Crippen molar-refractivity contribution in [3.63, 3.8) is 0 Å². The molecule has 0 aromatic heterocycles. The molecule has 120 valence electrons. The second kappa shape index (κ2) is 8.58. The lowest BCUT2D eigenvalue weighted by Crippen LogP contribution is -2.38. The van der Waals surface area contributed by atoms with Crippen LogP contribution in [0.2, 0.25) is 0 Å². The van der Waals surface area contributed by atoms with Crippen LogP contribution in [0.4, 0.5) is 11.4 Å². The summed E-state index contributed by atoms with van der Waals surface area (Å²) in [5.41, 5.74) is 9.77. The van der Waals surface area contributed by atoms with E-state index in [0.717, 1.165) is 11.4 Å². The summed E-state index contributed by atoms with van der Waals surface area (Å²) in [5.74, 6) is -0.428. The molecule has 0 bridgehead atoms. The lowest BCUT2D eigenvalue weighted by atomic mass is 10.2. The van der Waals surface area contributed by atoms with Crippen LogP contribution in [0.25, 0.3) is 0 Å². The van der Waals surface area contributed by atoms with Crippen molar-refractivity contribution in [3.8, 4) is 0 Å². The molecule has 0 heterocycles. The molecule has 0 fully saturated rings. The molecule has 0 spiro atoms. The molecule has 0 saturated carbocycles. The molecular weight excluding hydrogens is 290 g/mol. The number of amides is 2. The van der Waals surface area contributed by atoms with Gasteiger partial charge in [0, 0.05) is 12.8 Å². The number of hydrazine groups is 1. The number of primary amides is 1. The Kier molecular flexibility index (Phi) is 6.17. The maximum Gasteiger partial charge on any atom is 0.238 e. The SMILES string of the molecule is NC(=O)CCCCC(=O)NN(c1ccccc1)c1ccccc1. The van der Waals surface area contributed by atoms with Crippen LogP contribution < -0.4 is 16.2 Å². The van der Waals surface area contributed by atoms with Crippen molar-refractivity contribution in [2.45, 2.75) is 25.7 Å². The zero-order valence-corrected chi connectivity index (χ0v) is 12.9. The Labute approximate surface area is 136 Å². The second-order valence-corrected chi connectivity index (χ2v) is 5.21. The summed E-state index contributed by atoms with van der Waals surface area (Å²) in [4.78, 5) is 22.9. The number of rotatable bonds is 8. The van der Waals surface area contributed by atoms with E-state index in [1.165, 1.54) is 0 Å². The van der Waals surface area contributed by atoms with E-state index in [9.17, 15) is 9.59 Å². The van der Waals surface area contributed by atoms with Crippen LogP contribution in [-0.2, 0) is 9.59 Å². The minimum Gasteiger partial charge on any atom is -0.370 e. The van der Waals surface area contributed by atoms with Gasteiger partial charge in [0.15, 0.2) is 0 Å². The van der Waals surface area contributed by atoms with Crippen molar-refractivity contribution in [1.29, 1.82) is 0 Å². The summed E-state index contributed by atoms with van der Waals surface area (Å²) in [6, 6.07) is 19.3. The highest BCUT2D eigenvalue weighted by molar-refractivity contribution is 5.80. The maximum atomic E-state index is 12.2. The molecule has 5 nitrogen and oxygen atoms in total. The first-order chi connectivity index (χ1) is 11.2. The molecule has 0 aliphatic carbocycles. The minimum absolute atomic E-state index is 0.0952. The molecule has 2 amide bonds. The first kappa shape index (κ1) is 16.5. The molecule has 0 radical (unpaired) electrons. The van der Waals surface area contributed by atoms with E-state index < -0.39 is 0 Å². The highest BCUT2D eigenvalue weighted by atomic mass is 16.2. The van der Waals surface area contributed by atoms with Gasteiger partial charge in [-0.2, -0.15) is 0 Å². The lowest BCUT2D eigenvalue weighted by molar-refractivity contribution is -0.122. The van der Waals surface area contributed by atoms with Gasteiger partial charge in [-0.05, 0) is 37.1 Å². The Bertz CT molecular complexity index is 590. The van der Waals surface area contributed by atoms with Gasteiger partial charge < -0.3 is 5.73 Å².